The molecule has 1 aromatic carbocycles. The van der Waals surface area contributed by atoms with Gasteiger partial charge in [0.15, 0.2) is 0 Å². The second kappa shape index (κ2) is 6.06. The number of hydrogen-bond acceptors (Lipinski definition) is 3. The highest BCUT2D eigenvalue weighted by Gasteiger charge is 2.31. The number of nitrogens with one attached hydrogen (secondary N) is 1. The summed E-state index contributed by atoms with van der Waals surface area (Å²) in [5.74, 6) is 0.353. The highest BCUT2D eigenvalue weighted by atomic mass is 32.2. The summed E-state index contributed by atoms with van der Waals surface area (Å²) in [6.45, 7) is 1.75. The van der Waals surface area contributed by atoms with Gasteiger partial charge >= 0.3 is 6.18 Å². The van der Waals surface area contributed by atoms with Crippen LogP contribution in [0.2, 0.25) is 0 Å². The van der Waals surface area contributed by atoms with E-state index in [9.17, 15) is 17.4 Å². The van der Waals surface area contributed by atoms with Crippen molar-refractivity contribution in [2.45, 2.75) is 19.1 Å². The van der Waals surface area contributed by atoms with Gasteiger partial charge in [0.05, 0.1) is 16.8 Å². The largest absolute Gasteiger partial charge is 0.416 e. The first-order valence-electron chi connectivity index (χ1n) is 5.42. The monoisotopic (exact) mass is 290 g/mol. The van der Waals surface area contributed by atoms with Crippen molar-refractivity contribution in [2.24, 2.45) is 0 Å². The van der Waals surface area contributed by atoms with Crippen molar-refractivity contribution >= 4 is 16.5 Å². The summed E-state index contributed by atoms with van der Waals surface area (Å²) in [6, 6.07) is 4.47. The predicted molar refractivity (Wildman–Crippen MR) is 68.2 cm³/mol. The summed E-state index contributed by atoms with van der Waals surface area (Å²) < 4.78 is 48.5. The minimum atomic E-state index is -4.47. The van der Waals surface area contributed by atoms with Crippen molar-refractivity contribution in [1.29, 1.82) is 5.26 Å². The lowest BCUT2D eigenvalue weighted by atomic mass is 10.1. The van der Waals surface area contributed by atoms with Gasteiger partial charge in [0.25, 0.3) is 0 Å². The molecule has 0 heterocycles. The van der Waals surface area contributed by atoms with Gasteiger partial charge in [-0.05, 0) is 25.1 Å². The number of halogens is 3. The molecule has 0 saturated carbocycles. The van der Waals surface area contributed by atoms with Crippen LogP contribution in [0.3, 0.4) is 0 Å². The van der Waals surface area contributed by atoms with E-state index in [1.807, 2.05) is 0 Å². The Morgan fingerprint density at radius 1 is 1.47 bits per heavy atom. The second-order valence-corrected chi connectivity index (χ2v) is 5.63. The smallest absolute Gasteiger partial charge is 0.381 e. The van der Waals surface area contributed by atoms with Crippen LogP contribution in [0.15, 0.2) is 18.2 Å². The zero-order valence-corrected chi connectivity index (χ0v) is 11.2. The maximum Gasteiger partial charge on any atom is 0.416 e. The van der Waals surface area contributed by atoms with Gasteiger partial charge in [-0.15, -0.1) is 0 Å². The quantitative estimate of drug-likeness (QED) is 0.927. The van der Waals surface area contributed by atoms with Gasteiger partial charge in [0.1, 0.15) is 6.07 Å². The zero-order chi connectivity index (χ0) is 14.6. The number of benzene rings is 1. The van der Waals surface area contributed by atoms with Crippen LogP contribution < -0.4 is 5.32 Å². The molecule has 0 fully saturated rings. The van der Waals surface area contributed by atoms with Crippen LogP contribution in [0, 0.1) is 11.3 Å². The number of alkyl halides is 3. The number of rotatable bonds is 4. The molecule has 2 unspecified atom stereocenters. The Morgan fingerprint density at radius 2 is 2.11 bits per heavy atom. The highest BCUT2D eigenvalue weighted by molar-refractivity contribution is 7.84. The summed E-state index contributed by atoms with van der Waals surface area (Å²) in [6.07, 6.45) is -2.93. The zero-order valence-electron chi connectivity index (χ0n) is 10.4. The normalized spacial score (nSPS) is 14.5. The van der Waals surface area contributed by atoms with E-state index >= 15 is 0 Å². The van der Waals surface area contributed by atoms with Crippen molar-refractivity contribution in [1.82, 2.24) is 0 Å². The minimum Gasteiger partial charge on any atom is -0.381 e. The van der Waals surface area contributed by atoms with Gasteiger partial charge in [0.2, 0.25) is 0 Å². The molecular weight excluding hydrogens is 277 g/mol. The molecule has 0 aromatic heterocycles. The molecule has 3 nitrogen and oxygen atoms in total. The number of nitriles is 1. The molecule has 0 amide bonds. The van der Waals surface area contributed by atoms with Crippen LogP contribution in [0.25, 0.3) is 0 Å². The molecule has 2 atom stereocenters. The fourth-order valence-corrected chi connectivity index (χ4v) is 2.39. The van der Waals surface area contributed by atoms with Gasteiger partial charge in [-0.2, -0.15) is 18.4 Å². The minimum absolute atomic E-state index is 0.0800. The van der Waals surface area contributed by atoms with Gasteiger partial charge in [-0.1, -0.05) is 0 Å². The van der Waals surface area contributed by atoms with Crippen LogP contribution in [-0.2, 0) is 17.0 Å². The standard InChI is InChI=1S/C12H13F3N2OS/c1-8(7-19(2)18)17-11-4-3-10(12(13,14)15)5-9(11)6-16/h3-5,8,17H,7H2,1-2H3. The van der Waals surface area contributed by atoms with Gasteiger partial charge in [-0.3, -0.25) is 4.21 Å². The molecule has 1 rings (SSSR count). The number of anilines is 1. The summed E-state index contributed by atoms with van der Waals surface area (Å²) >= 11 is 0. The van der Waals surface area contributed by atoms with E-state index in [2.05, 4.69) is 5.32 Å². The first-order valence-corrected chi connectivity index (χ1v) is 7.14. The van der Waals surface area contributed by atoms with Gasteiger partial charge < -0.3 is 5.32 Å². The van der Waals surface area contributed by atoms with E-state index in [-0.39, 0.29) is 11.6 Å². The molecule has 1 aromatic rings. The first-order chi connectivity index (χ1) is 8.74. The topological polar surface area (TPSA) is 52.9 Å². The average Bonchev–Trinajstić information content (AvgIpc) is 2.26. The van der Waals surface area contributed by atoms with E-state index in [0.717, 1.165) is 12.1 Å². The Balaban J connectivity index is 2.98. The molecule has 19 heavy (non-hydrogen) atoms. The molecular formula is C12H13F3N2OS. The molecule has 0 radical (unpaired) electrons. The maximum absolute atomic E-state index is 12.5. The average molecular weight is 290 g/mol. The van der Waals surface area contributed by atoms with Crippen molar-refractivity contribution in [3.05, 3.63) is 29.3 Å². The third kappa shape index (κ3) is 4.56. The lowest BCUT2D eigenvalue weighted by Crippen LogP contribution is -2.23. The van der Waals surface area contributed by atoms with E-state index in [1.54, 1.807) is 13.0 Å². The lowest BCUT2D eigenvalue weighted by molar-refractivity contribution is -0.137. The Labute approximate surface area is 111 Å². The first kappa shape index (κ1) is 15.5. The molecule has 104 valence electrons. The molecule has 0 aliphatic rings. The Morgan fingerprint density at radius 3 is 2.58 bits per heavy atom. The molecule has 0 saturated heterocycles. The third-order valence-corrected chi connectivity index (χ3v) is 3.32. The molecule has 7 heteroatoms. The summed E-state index contributed by atoms with van der Waals surface area (Å²) in [7, 11) is -1.02. The highest BCUT2D eigenvalue weighted by Crippen LogP contribution is 2.31. The molecule has 0 spiro atoms. The van der Waals surface area contributed by atoms with Gasteiger partial charge in [-0.25, -0.2) is 0 Å². The fraction of sp³-hybridized carbons (Fsp3) is 0.417. The molecule has 0 aliphatic carbocycles. The van der Waals surface area contributed by atoms with E-state index < -0.39 is 22.5 Å². The van der Waals surface area contributed by atoms with E-state index in [1.165, 1.54) is 12.3 Å². The van der Waals surface area contributed by atoms with Crippen LogP contribution in [0.4, 0.5) is 18.9 Å². The lowest BCUT2D eigenvalue weighted by Gasteiger charge is -2.16. The molecule has 1 N–H and O–H groups in total. The van der Waals surface area contributed by atoms with Crippen LogP contribution in [0.5, 0.6) is 0 Å². The van der Waals surface area contributed by atoms with Crippen LogP contribution in [-0.4, -0.2) is 22.3 Å². The van der Waals surface area contributed by atoms with Crippen LogP contribution >= 0.6 is 0 Å². The number of hydrogen-bond donors (Lipinski definition) is 1. The Hall–Kier alpha value is -1.55. The maximum atomic E-state index is 12.5. The van der Waals surface area contributed by atoms with Crippen molar-refractivity contribution < 1.29 is 17.4 Å². The van der Waals surface area contributed by atoms with E-state index in [0.29, 0.717) is 11.4 Å². The Bertz CT molecular complexity index is 523. The summed E-state index contributed by atoms with van der Waals surface area (Å²) in [5.41, 5.74) is -0.627. The van der Waals surface area contributed by atoms with Gasteiger partial charge in [0, 0.05) is 28.9 Å². The number of nitrogens with zero attached hydrogens (tertiary/aromatic N) is 1. The van der Waals surface area contributed by atoms with Crippen molar-refractivity contribution in [2.75, 3.05) is 17.3 Å². The molecule has 0 aliphatic heterocycles. The van der Waals surface area contributed by atoms with Crippen molar-refractivity contribution in [3.63, 3.8) is 0 Å². The summed E-state index contributed by atoms with van der Waals surface area (Å²) in [5, 5.41) is 11.8. The fourth-order valence-electron chi connectivity index (χ4n) is 1.60. The van der Waals surface area contributed by atoms with E-state index in [4.69, 9.17) is 5.26 Å². The van der Waals surface area contributed by atoms with Crippen molar-refractivity contribution in [3.8, 4) is 6.07 Å². The SMILES string of the molecule is CC(CS(C)=O)Nc1ccc(C(F)(F)F)cc1C#N. The Kier molecular flexibility index (Phi) is 4.95. The predicted octanol–water partition coefficient (Wildman–Crippen LogP) is 2.76. The second-order valence-electron chi connectivity index (χ2n) is 4.16. The summed E-state index contributed by atoms with van der Waals surface area (Å²) in [4.78, 5) is 0. The van der Waals surface area contributed by atoms with Crippen LogP contribution in [0.1, 0.15) is 18.1 Å². The molecule has 0 bridgehead atoms. The third-order valence-electron chi connectivity index (χ3n) is 2.35.